The molecule has 0 spiro atoms. The number of carbonyl (C=O) groups is 3. The number of nitrogens with one attached hydrogen (secondary N) is 2. The molecule has 20 heavy (non-hydrogen) atoms. The first-order valence-corrected chi connectivity index (χ1v) is 6.82. The number of hydrogen-bond donors (Lipinski definition) is 3. The van der Waals surface area contributed by atoms with Gasteiger partial charge in [-0.1, -0.05) is 13.8 Å². The molecule has 1 rings (SSSR count). The van der Waals surface area contributed by atoms with Crippen LogP contribution in [0.25, 0.3) is 0 Å². The summed E-state index contributed by atoms with van der Waals surface area (Å²) in [5, 5.41) is 14.3. The van der Waals surface area contributed by atoms with Gasteiger partial charge in [-0.25, -0.2) is 4.79 Å². The van der Waals surface area contributed by atoms with E-state index in [1.54, 1.807) is 11.9 Å². The van der Waals surface area contributed by atoms with Crippen molar-refractivity contribution in [3.05, 3.63) is 0 Å². The topological polar surface area (TPSA) is 98.7 Å². The summed E-state index contributed by atoms with van der Waals surface area (Å²) >= 11 is 0. The average molecular weight is 285 g/mol. The minimum Gasteiger partial charge on any atom is -0.481 e. The highest BCUT2D eigenvalue weighted by molar-refractivity contribution is 5.78. The Bertz CT molecular complexity index is 384. The van der Waals surface area contributed by atoms with E-state index in [-0.39, 0.29) is 30.3 Å². The molecule has 3 amide bonds. The molecule has 2 atom stereocenters. The van der Waals surface area contributed by atoms with Crippen molar-refractivity contribution in [2.75, 3.05) is 13.6 Å². The van der Waals surface area contributed by atoms with E-state index in [1.807, 2.05) is 13.8 Å². The molecule has 114 valence electrons. The van der Waals surface area contributed by atoms with Gasteiger partial charge in [0, 0.05) is 32.1 Å². The summed E-state index contributed by atoms with van der Waals surface area (Å²) in [6, 6.07) is -0.872. The summed E-state index contributed by atoms with van der Waals surface area (Å²) in [4.78, 5) is 35.6. The van der Waals surface area contributed by atoms with Gasteiger partial charge in [-0.3, -0.25) is 9.59 Å². The molecule has 0 aromatic carbocycles. The average Bonchev–Trinajstić information content (AvgIpc) is 2.32. The Balaban J connectivity index is 2.45. The van der Waals surface area contributed by atoms with Crippen molar-refractivity contribution in [1.82, 2.24) is 15.5 Å². The van der Waals surface area contributed by atoms with E-state index in [0.717, 1.165) is 0 Å². The normalized spacial score (nSPS) is 20.7. The lowest BCUT2D eigenvalue weighted by molar-refractivity contribution is -0.137. The molecule has 0 aromatic heterocycles. The quantitative estimate of drug-likeness (QED) is 0.681. The summed E-state index contributed by atoms with van der Waals surface area (Å²) in [5.41, 5.74) is 0. The number of carbonyl (C=O) groups excluding carboxylic acids is 2. The second-order valence-corrected chi connectivity index (χ2v) is 5.58. The van der Waals surface area contributed by atoms with Crippen molar-refractivity contribution in [3.63, 3.8) is 0 Å². The first-order valence-electron chi connectivity index (χ1n) is 6.82. The van der Waals surface area contributed by atoms with Crippen LogP contribution in [0.4, 0.5) is 4.79 Å². The highest BCUT2D eigenvalue weighted by atomic mass is 16.4. The van der Waals surface area contributed by atoms with Gasteiger partial charge in [-0.05, 0) is 12.3 Å². The van der Waals surface area contributed by atoms with E-state index in [0.29, 0.717) is 19.4 Å². The number of rotatable bonds is 5. The summed E-state index contributed by atoms with van der Waals surface area (Å²) < 4.78 is 0. The summed E-state index contributed by atoms with van der Waals surface area (Å²) in [6.45, 7) is 4.21. The molecule has 1 fully saturated rings. The maximum Gasteiger partial charge on any atom is 0.315 e. The van der Waals surface area contributed by atoms with E-state index in [1.165, 1.54) is 0 Å². The third-order valence-electron chi connectivity index (χ3n) is 3.48. The number of amides is 3. The van der Waals surface area contributed by atoms with E-state index < -0.39 is 12.0 Å². The number of carboxylic acids is 1. The van der Waals surface area contributed by atoms with Crippen LogP contribution in [-0.2, 0) is 9.59 Å². The van der Waals surface area contributed by atoms with Crippen LogP contribution < -0.4 is 10.6 Å². The van der Waals surface area contributed by atoms with Gasteiger partial charge in [0.15, 0.2) is 0 Å². The maximum atomic E-state index is 11.9. The maximum absolute atomic E-state index is 11.9. The molecule has 2 unspecified atom stereocenters. The van der Waals surface area contributed by atoms with Crippen molar-refractivity contribution in [2.45, 2.75) is 45.2 Å². The van der Waals surface area contributed by atoms with Crippen LogP contribution >= 0.6 is 0 Å². The van der Waals surface area contributed by atoms with Crippen molar-refractivity contribution in [3.8, 4) is 0 Å². The Kier molecular flexibility index (Phi) is 5.79. The molecule has 0 saturated carbocycles. The number of likely N-dealkylation sites (tertiary alicyclic amines) is 1. The van der Waals surface area contributed by atoms with Gasteiger partial charge in [0.2, 0.25) is 5.91 Å². The molecule has 3 N–H and O–H groups in total. The fraction of sp³-hybridized carbons (Fsp3) is 0.769. The lowest BCUT2D eigenvalue weighted by atomic mass is 10.0. The number of aliphatic carboxylic acids is 1. The van der Waals surface area contributed by atoms with Gasteiger partial charge >= 0.3 is 12.0 Å². The molecule has 1 aliphatic heterocycles. The van der Waals surface area contributed by atoms with Crippen molar-refractivity contribution in [1.29, 1.82) is 0 Å². The van der Waals surface area contributed by atoms with Crippen LogP contribution in [0.1, 0.15) is 33.1 Å². The van der Waals surface area contributed by atoms with Gasteiger partial charge < -0.3 is 20.6 Å². The first-order chi connectivity index (χ1) is 9.29. The highest BCUT2D eigenvalue weighted by Crippen LogP contribution is 2.10. The van der Waals surface area contributed by atoms with E-state index >= 15 is 0 Å². The predicted octanol–water partition coefficient (Wildman–Crippen LogP) is 0.406. The number of hydrogen-bond acceptors (Lipinski definition) is 3. The molecule has 7 nitrogen and oxygen atoms in total. The lowest BCUT2D eigenvalue weighted by Gasteiger charge is -2.31. The minimum absolute atomic E-state index is 0.0347. The number of piperidine rings is 1. The number of nitrogens with zero attached hydrogens (tertiary/aromatic N) is 1. The Hall–Kier alpha value is -1.79. The van der Waals surface area contributed by atoms with Gasteiger partial charge in [0.25, 0.3) is 0 Å². The SMILES string of the molecule is CC(C)C(CC(=O)O)NC(=O)NC1CCC(=O)N(C)C1. The summed E-state index contributed by atoms with van der Waals surface area (Å²) in [5.74, 6) is -0.825. The molecule has 1 heterocycles. The number of likely N-dealkylation sites (N-methyl/N-ethyl adjacent to an activating group) is 1. The number of carboxylic acid groups (broad SMARTS) is 1. The van der Waals surface area contributed by atoms with E-state index in [2.05, 4.69) is 10.6 Å². The molecule has 7 heteroatoms. The lowest BCUT2D eigenvalue weighted by Crippen LogP contribution is -2.53. The third kappa shape index (κ3) is 5.07. The largest absolute Gasteiger partial charge is 0.481 e. The van der Waals surface area contributed by atoms with Gasteiger partial charge in [0.1, 0.15) is 0 Å². The van der Waals surface area contributed by atoms with Gasteiger partial charge in [-0.15, -0.1) is 0 Å². The number of urea groups is 1. The van der Waals surface area contributed by atoms with E-state index in [4.69, 9.17) is 5.11 Å². The Morgan fingerprint density at radius 1 is 1.45 bits per heavy atom. The summed E-state index contributed by atoms with van der Waals surface area (Å²) in [7, 11) is 1.70. The molecular weight excluding hydrogens is 262 g/mol. The van der Waals surface area contributed by atoms with Crippen molar-refractivity contribution < 1.29 is 19.5 Å². The van der Waals surface area contributed by atoms with Crippen molar-refractivity contribution in [2.24, 2.45) is 5.92 Å². The van der Waals surface area contributed by atoms with Crippen LogP contribution in [0.5, 0.6) is 0 Å². The predicted molar refractivity (Wildman–Crippen MR) is 73.2 cm³/mol. The Morgan fingerprint density at radius 2 is 2.10 bits per heavy atom. The van der Waals surface area contributed by atoms with Crippen LogP contribution in [-0.4, -0.2) is 53.6 Å². The summed E-state index contributed by atoms with van der Waals surface area (Å²) in [6.07, 6.45) is 0.931. The van der Waals surface area contributed by atoms with E-state index in [9.17, 15) is 14.4 Å². The molecule has 0 radical (unpaired) electrons. The molecule has 0 aliphatic carbocycles. The monoisotopic (exact) mass is 285 g/mol. The standard InChI is InChI=1S/C13H23N3O4/c1-8(2)10(6-12(18)19)15-13(20)14-9-4-5-11(17)16(3)7-9/h8-10H,4-7H2,1-3H3,(H,18,19)(H2,14,15,20). The van der Waals surface area contributed by atoms with Crippen LogP contribution in [0, 0.1) is 5.92 Å². The second-order valence-electron chi connectivity index (χ2n) is 5.58. The van der Waals surface area contributed by atoms with Gasteiger partial charge in [-0.2, -0.15) is 0 Å². The van der Waals surface area contributed by atoms with Crippen LogP contribution in [0.2, 0.25) is 0 Å². The zero-order valence-corrected chi connectivity index (χ0v) is 12.2. The molecule has 0 aromatic rings. The highest BCUT2D eigenvalue weighted by Gasteiger charge is 2.25. The van der Waals surface area contributed by atoms with Crippen molar-refractivity contribution >= 4 is 17.9 Å². The molecule has 1 saturated heterocycles. The van der Waals surface area contributed by atoms with Crippen LogP contribution in [0.3, 0.4) is 0 Å². The van der Waals surface area contributed by atoms with Crippen LogP contribution in [0.15, 0.2) is 0 Å². The second kappa shape index (κ2) is 7.12. The third-order valence-corrected chi connectivity index (χ3v) is 3.48. The first kappa shape index (κ1) is 16.3. The fourth-order valence-corrected chi connectivity index (χ4v) is 2.17. The molecular formula is C13H23N3O4. The molecule has 0 bridgehead atoms. The Labute approximate surface area is 118 Å². The zero-order chi connectivity index (χ0) is 15.3. The fourth-order valence-electron chi connectivity index (χ4n) is 2.17. The smallest absolute Gasteiger partial charge is 0.315 e. The molecule has 1 aliphatic rings. The zero-order valence-electron chi connectivity index (χ0n) is 12.2. The van der Waals surface area contributed by atoms with Gasteiger partial charge in [0.05, 0.1) is 6.42 Å². The minimum atomic E-state index is -0.938. The Morgan fingerprint density at radius 3 is 2.60 bits per heavy atom.